The second-order valence-corrected chi connectivity index (χ2v) is 9.25. The summed E-state index contributed by atoms with van der Waals surface area (Å²) in [5.74, 6) is 0.349. The summed E-state index contributed by atoms with van der Waals surface area (Å²) in [6.07, 6.45) is 6.34. The van der Waals surface area contributed by atoms with Crippen molar-refractivity contribution in [1.82, 2.24) is 34.0 Å². The first-order chi connectivity index (χ1) is 16.8. The number of fused-ring (bicyclic) bond motifs is 2. The third-order valence-electron chi connectivity index (χ3n) is 6.94. The largest absolute Gasteiger partial charge is 0.377 e. The average Bonchev–Trinajstić information content (AvgIpc) is 3.53. The minimum Gasteiger partial charge on any atom is -0.377 e. The number of amides is 1. The van der Waals surface area contributed by atoms with Crippen molar-refractivity contribution in [3.63, 3.8) is 0 Å². The lowest BCUT2D eigenvalue weighted by atomic mass is 10.0. The lowest BCUT2D eigenvalue weighted by molar-refractivity contribution is -0.135. The predicted molar refractivity (Wildman–Crippen MR) is 129 cm³/mol. The van der Waals surface area contributed by atoms with Gasteiger partial charge in [-0.3, -0.25) is 14.2 Å². The topological polar surface area (TPSA) is 83.0 Å². The number of hydrogen-bond acceptors (Lipinski definition) is 5. The van der Waals surface area contributed by atoms with Crippen LogP contribution < -0.4 is 0 Å². The van der Waals surface area contributed by atoms with Crippen molar-refractivity contribution < 1.29 is 13.9 Å². The number of aromatic nitrogens is 6. The van der Waals surface area contributed by atoms with Gasteiger partial charge in [-0.25, -0.2) is 9.37 Å². The molecule has 9 nitrogen and oxygen atoms in total. The van der Waals surface area contributed by atoms with E-state index in [-0.39, 0.29) is 11.7 Å². The Balaban J connectivity index is 1.60. The fourth-order valence-corrected chi connectivity index (χ4v) is 5.15. The van der Waals surface area contributed by atoms with Crippen LogP contribution in [0, 0.1) is 5.82 Å². The number of hydrogen-bond donors (Lipinski definition) is 0. The predicted octanol–water partition coefficient (Wildman–Crippen LogP) is 3.31. The van der Waals surface area contributed by atoms with Crippen LogP contribution in [0.3, 0.4) is 0 Å². The van der Waals surface area contributed by atoms with E-state index in [9.17, 15) is 4.79 Å². The van der Waals surface area contributed by atoms with Gasteiger partial charge in [0.2, 0.25) is 5.91 Å². The monoisotopic (exact) mass is 475 g/mol. The van der Waals surface area contributed by atoms with Gasteiger partial charge in [0.15, 0.2) is 0 Å². The van der Waals surface area contributed by atoms with E-state index in [1.54, 1.807) is 34.6 Å². The summed E-state index contributed by atoms with van der Waals surface area (Å²) >= 11 is 0. The molecule has 0 bridgehead atoms. The molecule has 5 heterocycles. The van der Waals surface area contributed by atoms with Crippen LogP contribution in [0.1, 0.15) is 30.9 Å². The number of ether oxygens (including phenoxy) is 1. The van der Waals surface area contributed by atoms with Crippen molar-refractivity contribution in [2.45, 2.75) is 25.9 Å². The lowest BCUT2D eigenvalue weighted by Gasteiger charge is -2.31. The fourth-order valence-electron chi connectivity index (χ4n) is 5.15. The Morgan fingerprint density at radius 3 is 2.71 bits per heavy atom. The smallest absolute Gasteiger partial charge is 0.245 e. The van der Waals surface area contributed by atoms with E-state index in [1.807, 2.05) is 36.9 Å². The number of likely N-dealkylation sites (N-methyl/N-ethyl adjacent to an activating group) is 1. The van der Waals surface area contributed by atoms with Crippen molar-refractivity contribution in [3.8, 4) is 22.5 Å². The molecule has 2 aliphatic rings. The van der Waals surface area contributed by atoms with E-state index < -0.39 is 6.04 Å². The number of benzene rings is 1. The van der Waals surface area contributed by atoms with Gasteiger partial charge in [0.1, 0.15) is 23.4 Å². The SMILES string of the molecule is C[C@@H]1C(=O)N(C)Cc2c(-c3cc4c(-c5cnn(C)c5)nn(C)c4cc3F)nc(C3=CCOCC3)n21. The van der Waals surface area contributed by atoms with Crippen LogP contribution in [0.25, 0.3) is 39.0 Å². The zero-order chi connectivity index (χ0) is 24.4. The van der Waals surface area contributed by atoms with E-state index in [4.69, 9.17) is 9.72 Å². The average molecular weight is 476 g/mol. The second-order valence-electron chi connectivity index (χ2n) is 9.25. The molecule has 0 saturated carbocycles. The Bertz CT molecular complexity index is 1530. The zero-order valence-electron chi connectivity index (χ0n) is 20.1. The first kappa shape index (κ1) is 21.7. The second kappa shape index (κ2) is 7.88. The summed E-state index contributed by atoms with van der Waals surface area (Å²) in [5.41, 5.74) is 5.07. The van der Waals surface area contributed by atoms with Gasteiger partial charge in [-0.1, -0.05) is 6.08 Å². The van der Waals surface area contributed by atoms with Gasteiger partial charge in [0, 0.05) is 49.9 Å². The summed E-state index contributed by atoms with van der Waals surface area (Å²) in [6, 6.07) is 2.91. The molecule has 180 valence electrons. The number of imidazole rings is 1. The maximum absolute atomic E-state index is 15.7. The number of halogens is 1. The fraction of sp³-hybridized carbons (Fsp3) is 0.360. The molecule has 0 radical (unpaired) electrons. The first-order valence-electron chi connectivity index (χ1n) is 11.6. The quantitative estimate of drug-likeness (QED) is 0.454. The number of carbonyl (C=O) groups excluding carboxylic acids is 1. The van der Waals surface area contributed by atoms with Crippen molar-refractivity contribution in [3.05, 3.63) is 47.9 Å². The van der Waals surface area contributed by atoms with E-state index in [0.717, 1.165) is 27.9 Å². The van der Waals surface area contributed by atoms with E-state index in [1.165, 1.54) is 6.07 Å². The van der Waals surface area contributed by atoms with Crippen LogP contribution in [0.5, 0.6) is 0 Å². The van der Waals surface area contributed by atoms with E-state index in [2.05, 4.69) is 10.2 Å². The molecular weight excluding hydrogens is 449 g/mol. The molecule has 0 N–H and O–H groups in total. The molecule has 10 heteroatoms. The highest BCUT2D eigenvalue weighted by Crippen LogP contribution is 2.39. The number of nitrogens with zero attached hydrogens (tertiary/aromatic N) is 7. The third kappa shape index (κ3) is 3.31. The summed E-state index contributed by atoms with van der Waals surface area (Å²) in [4.78, 5) is 19.5. The molecule has 0 fully saturated rings. The van der Waals surface area contributed by atoms with E-state index >= 15 is 4.39 Å². The molecule has 4 aromatic rings. The van der Waals surface area contributed by atoms with Crippen LogP contribution in [-0.4, -0.2) is 60.2 Å². The molecule has 35 heavy (non-hydrogen) atoms. The molecule has 6 rings (SSSR count). The Labute approximate surface area is 201 Å². The van der Waals surface area contributed by atoms with Crippen LogP contribution in [0.2, 0.25) is 0 Å². The van der Waals surface area contributed by atoms with Crippen molar-refractivity contribution in [2.75, 3.05) is 20.3 Å². The molecule has 3 aromatic heterocycles. The third-order valence-corrected chi connectivity index (χ3v) is 6.94. The standard InChI is InChI=1S/C25H26FN7O2/c1-14-25(34)30(2)13-21-23(28-24(33(14)21)15-5-7-35-8-6-15)17-9-18-20(10-19(17)26)32(4)29-22(18)16-11-27-31(3)12-16/h5,9-12,14H,6-8,13H2,1-4H3/t14-/m1/s1. The number of rotatable bonds is 3. The molecule has 2 aliphatic heterocycles. The Kier molecular flexibility index (Phi) is 4.89. The highest BCUT2D eigenvalue weighted by Gasteiger charge is 2.35. The number of aryl methyl sites for hydroxylation is 2. The molecule has 0 unspecified atom stereocenters. The summed E-state index contributed by atoms with van der Waals surface area (Å²) in [5, 5.41) is 9.73. The Morgan fingerprint density at radius 1 is 1.17 bits per heavy atom. The molecular formula is C25H26FN7O2. The summed E-state index contributed by atoms with van der Waals surface area (Å²) in [6.45, 7) is 3.32. The van der Waals surface area contributed by atoms with Gasteiger partial charge in [-0.05, 0) is 25.0 Å². The maximum Gasteiger partial charge on any atom is 0.245 e. The number of carbonyl (C=O) groups is 1. The van der Waals surface area contributed by atoms with Crippen LogP contribution >= 0.6 is 0 Å². The first-order valence-corrected chi connectivity index (χ1v) is 11.6. The molecule has 0 aliphatic carbocycles. The van der Waals surface area contributed by atoms with Gasteiger partial charge >= 0.3 is 0 Å². The minimum atomic E-state index is -0.431. The highest BCUT2D eigenvalue weighted by molar-refractivity contribution is 5.96. The van der Waals surface area contributed by atoms with Gasteiger partial charge in [0.25, 0.3) is 0 Å². The van der Waals surface area contributed by atoms with Gasteiger partial charge in [-0.2, -0.15) is 10.2 Å². The normalized spacial score (nSPS) is 18.3. The van der Waals surface area contributed by atoms with Crippen LogP contribution in [-0.2, 0) is 30.2 Å². The lowest BCUT2D eigenvalue weighted by Crippen LogP contribution is -2.39. The van der Waals surface area contributed by atoms with Crippen molar-refractivity contribution in [2.24, 2.45) is 14.1 Å². The van der Waals surface area contributed by atoms with Crippen LogP contribution in [0.15, 0.2) is 30.6 Å². The van der Waals surface area contributed by atoms with Gasteiger partial charge in [-0.15, -0.1) is 0 Å². The van der Waals surface area contributed by atoms with Crippen molar-refractivity contribution in [1.29, 1.82) is 0 Å². The van der Waals surface area contributed by atoms with Crippen molar-refractivity contribution >= 4 is 22.4 Å². The Morgan fingerprint density at radius 2 is 2.00 bits per heavy atom. The molecule has 1 atom stereocenters. The maximum atomic E-state index is 15.7. The molecule has 1 aromatic carbocycles. The minimum absolute atomic E-state index is 0.0115. The van der Waals surface area contributed by atoms with Crippen LogP contribution in [0.4, 0.5) is 4.39 Å². The highest BCUT2D eigenvalue weighted by atomic mass is 19.1. The molecule has 1 amide bonds. The molecule has 0 saturated heterocycles. The van der Waals surface area contributed by atoms with Gasteiger partial charge < -0.3 is 14.2 Å². The Hall–Kier alpha value is -3.79. The molecule has 0 spiro atoms. The van der Waals surface area contributed by atoms with E-state index in [0.29, 0.717) is 48.8 Å². The summed E-state index contributed by atoms with van der Waals surface area (Å²) < 4.78 is 26.5. The zero-order valence-corrected chi connectivity index (χ0v) is 20.1. The summed E-state index contributed by atoms with van der Waals surface area (Å²) in [7, 11) is 5.42. The van der Waals surface area contributed by atoms with Gasteiger partial charge in [0.05, 0.1) is 42.9 Å².